The third kappa shape index (κ3) is 7.80. The number of carbonyl (C=O) groups is 1. The minimum absolute atomic E-state index is 0.0290. The Labute approximate surface area is 160 Å². The molecule has 0 aromatic heterocycles. The van der Waals surface area contributed by atoms with Gasteiger partial charge in [0, 0.05) is 44.8 Å². The van der Waals surface area contributed by atoms with Crippen LogP contribution in [-0.4, -0.2) is 80.4 Å². The summed E-state index contributed by atoms with van der Waals surface area (Å²) in [5.41, 5.74) is 0. The number of urea groups is 1. The van der Waals surface area contributed by atoms with E-state index < -0.39 is 0 Å². The second-order valence-electron chi connectivity index (χ2n) is 8.30. The van der Waals surface area contributed by atoms with Crippen molar-refractivity contribution in [1.29, 1.82) is 0 Å². The summed E-state index contributed by atoms with van der Waals surface area (Å²) in [6.45, 7) is 14.1. The average molecular weight is 369 g/mol. The van der Waals surface area contributed by atoms with E-state index in [0.29, 0.717) is 24.5 Å². The molecule has 0 spiro atoms. The molecular formula is C20H40N4O2. The molecule has 6 nitrogen and oxygen atoms in total. The van der Waals surface area contributed by atoms with Gasteiger partial charge in [0.1, 0.15) is 0 Å². The topological polar surface area (TPSA) is 56.8 Å². The molecule has 0 bridgehead atoms. The minimum Gasteiger partial charge on any atom is -0.379 e. The average Bonchev–Trinajstić information content (AvgIpc) is 2.64. The van der Waals surface area contributed by atoms with E-state index in [1.54, 1.807) is 0 Å². The highest BCUT2D eigenvalue weighted by Gasteiger charge is 2.22. The van der Waals surface area contributed by atoms with Crippen molar-refractivity contribution in [2.24, 2.45) is 5.92 Å². The lowest BCUT2D eigenvalue weighted by molar-refractivity contribution is 0.0129. The monoisotopic (exact) mass is 368 g/mol. The zero-order valence-electron chi connectivity index (χ0n) is 17.1. The molecule has 2 heterocycles. The maximum Gasteiger partial charge on any atom is 0.314 e. The lowest BCUT2D eigenvalue weighted by Crippen LogP contribution is -2.50. The molecule has 2 aliphatic rings. The minimum atomic E-state index is -0.0290. The molecule has 0 aromatic rings. The predicted molar refractivity (Wildman–Crippen MR) is 107 cm³/mol. The third-order valence-corrected chi connectivity index (χ3v) is 5.65. The van der Waals surface area contributed by atoms with E-state index in [0.717, 1.165) is 52.2 Å². The van der Waals surface area contributed by atoms with E-state index in [9.17, 15) is 4.79 Å². The number of likely N-dealkylation sites (tertiary alicyclic amines) is 1. The van der Waals surface area contributed by atoms with Crippen molar-refractivity contribution < 1.29 is 9.53 Å². The van der Waals surface area contributed by atoms with Crippen LogP contribution in [0, 0.1) is 5.92 Å². The summed E-state index contributed by atoms with van der Waals surface area (Å²) < 4.78 is 5.46. The number of nitrogens with one attached hydrogen (secondary N) is 2. The number of hydrogen-bond donors (Lipinski definition) is 2. The van der Waals surface area contributed by atoms with Crippen molar-refractivity contribution in [2.45, 2.75) is 65.0 Å². The molecule has 2 rings (SSSR count). The van der Waals surface area contributed by atoms with Gasteiger partial charge in [-0.15, -0.1) is 0 Å². The zero-order chi connectivity index (χ0) is 18.8. The highest BCUT2D eigenvalue weighted by atomic mass is 16.5. The number of ether oxygens (including phenoxy) is 1. The molecule has 0 aromatic carbocycles. The Kier molecular flexibility index (Phi) is 9.72. The van der Waals surface area contributed by atoms with Gasteiger partial charge in [-0.25, -0.2) is 4.79 Å². The maximum atomic E-state index is 12.2. The summed E-state index contributed by atoms with van der Waals surface area (Å²) in [6.07, 6.45) is 6.12. The van der Waals surface area contributed by atoms with Gasteiger partial charge in [0.25, 0.3) is 0 Å². The number of amides is 2. The molecule has 2 fully saturated rings. The molecule has 6 heteroatoms. The molecule has 0 saturated carbocycles. The SMILES string of the molecule is CC(C)CC(CNC(=O)NCCCN1CCCCC1C)N1CCOCC1. The first-order chi connectivity index (χ1) is 12.6. The number of nitrogens with zero attached hydrogens (tertiary/aromatic N) is 2. The number of carbonyl (C=O) groups excluding carboxylic acids is 1. The van der Waals surface area contributed by atoms with Crippen molar-refractivity contribution in [3.63, 3.8) is 0 Å². The summed E-state index contributed by atoms with van der Waals surface area (Å²) in [6, 6.07) is 1.07. The molecule has 2 atom stereocenters. The second-order valence-corrected chi connectivity index (χ2v) is 8.30. The molecule has 2 aliphatic heterocycles. The Morgan fingerprint density at radius 3 is 2.62 bits per heavy atom. The van der Waals surface area contributed by atoms with Gasteiger partial charge in [-0.1, -0.05) is 20.3 Å². The van der Waals surface area contributed by atoms with Crippen molar-refractivity contribution in [3.8, 4) is 0 Å². The Bertz CT molecular complexity index is 399. The van der Waals surface area contributed by atoms with Gasteiger partial charge < -0.3 is 20.3 Å². The normalized spacial score (nSPS) is 23.8. The summed E-state index contributed by atoms with van der Waals surface area (Å²) in [4.78, 5) is 17.2. The van der Waals surface area contributed by atoms with Crippen LogP contribution < -0.4 is 10.6 Å². The van der Waals surface area contributed by atoms with Crippen LogP contribution in [-0.2, 0) is 4.74 Å². The van der Waals surface area contributed by atoms with Gasteiger partial charge >= 0.3 is 6.03 Å². The van der Waals surface area contributed by atoms with Gasteiger partial charge in [-0.05, 0) is 45.1 Å². The predicted octanol–water partition coefficient (Wildman–Crippen LogP) is 2.30. The fraction of sp³-hybridized carbons (Fsp3) is 0.950. The molecule has 2 unspecified atom stereocenters. The highest BCUT2D eigenvalue weighted by molar-refractivity contribution is 5.73. The summed E-state index contributed by atoms with van der Waals surface area (Å²) in [5, 5.41) is 6.12. The van der Waals surface area contributed by atoms with Crippen LogP contribution in [0.25, 0.3) is 0 Å². The summed E-state index contributed by atoms with van der Waals surface area (Å²) in [7, 11) is 0. The van der Waals surface area contributed by atoms with Gasteiger partial charge in [0.2, 0.25) is 0 Å². The Balaban J connectivity index is 1.62. The van der Waals surface area contributed by atoms with Crippen LogP contribution in [0.4, 0.5) is 4.79 Å². The Morgan fingerprint density at radius 1 is 1.15 bits per heavy atom. The molecule has 2 amide bonds. The van der Waals surface area contributed by atoms with Gasteiger partial charge in [0.15, 0.2) is 0 Å². The standard InChI is InChI=1S/C20H40N4O2/c1-17(2)15-19(24-11-13-26-14-12-24)16-22-20(25)21-8-6-10-23-9-5-4-7-18(23)3/h17-19H,4-16H2,1-3H3,(H2,21,22,25). The molecule has 0 aliphatic carbocycles. The first-order valence-electron chi connectivity index (χ1n) is 10.6. The highest BCUT2D eigenvalue weighted by Crippen LogP contribution is 2.16. The largest absolute Gasteiger partial charge is 0.379 e. The fourth-order valence-electron chi connectivity index (χ4n) is 4.10. The van der Waals surface area contributed by atoms with Crippen LogP contribution in [0.2, 0.25) is 0 Å². The molecule has 0 radical (unpaired) electrons. The molecule has 26 heavy (non-hydrogen) atoms. The van der Waals surface area contributed by atoms with E-state index in [-0.39, 0.29) is 6.03 Å². The lowest BCUT2D eigenvalue weighted by Gasteiger charge is -2.35. The van der Waals surface area contributed by atoms with Gasteiger partial charge in [-0.3, -0.25) is 4.90 Å². The number of piperidine rings is 1. The Hall–Kier alpha value is -0.850. The Morgan fingerprint density at radius 2 is 1.92 bits per heavy atom. The number of morpholine rings is 1. The molecule has 2 saturated heterocycles. The summed E-state index contributed by atoms with van der Waals surface area (Å²) in [5.74, 6) is 0.624. The number of hydrogen-bond acceptors (Lipinski definition) is 4. The van der Waals surface area contributed by atoms with Crippen LogP contribution in [0.5, 0.6) is 0 Å². The van der Waals surface area contributed by atoms with Crippen molar-refractivity contribution in [3.05, 3.63) is 0 Å². The molecule has 152 valence electrons. The van der Waals surface area contributed by atoms with E-state index in [1.165, 1.54) is 25.8 Å². The van der Waals surface area contributed by atoms with Crippen LogP contribution in [0.15, 0.2) is 0 Å². The van der Waals surface area contributed by atoms with Gasteiger partial charge in [0.05, 0.1) is 13.2 Å². The van der Waals surface area contributed by atoms with E-state index in [1.807, 2.05) is 0 Å². The first-order valence-corrected chi connectivity index (χ1v) is 10.6. The van der Waals surface area contributed by atoms with E-state index in [2.05, 4.69) is 41.2 Å². The van der Waals surface area contributed by atoms with Crippen LogP contribution >= 0.6 is 0 Å². The van der Waals surface area contributed by atoms with Crippen molar-refractivity contribution in [1.82, 2.24) is 20.4 Å². The lowest BCUT2D eigenvalue weighted by atomic mass is 10.0. The van der Waals surface area contributed by atoms with Crippen LogP contribution in [0.1, 0.15) is 52.9 Å². The quantitative estimate of drug-likeness (QED) is 0.613. The fourth-order valence-corrected chi connectivity index (χ4v) is 4.10. The molecule has 2 N–H and O–H groups in total. The van der Waals surface area contributed by atoms with E-state index in [4.69, 9.17) is 4.74 Å². The van der Waals surface area contributed by atoms with Crippen molar-refractivity contribution >= 4 is 6.03 Å². The molecular weight excluding hydrogens is 328 g/mol. The van der Waals surface area contributed by atoms with E-state index >= 15 is 0 Å². The van der Waals surface area contributed by atoms with Crippen LogP contribution in [0.3, 0.4) is 0 Å². The third-order valence-electron chi connectivity index (χ3n) is 5.65. The zero-order valence-corrected chi connectivity index (χ0v) is 17.1. The maximum absolute atomic E-state index is 12.2. The van der Waals surface area contributed by atoms with Gasteiger partial charge in [-0.2, -0.15) is 0 Å². The second kappa shape index (κ2) is 11.8. The summed E-state index contributed by atoms with van der Waals surface area (Å²) >= 11 is 0. The first kappa shape index (κ1) is 21.5. The number of rotatable bonds is 9. The smallest absolute Gasteiger partial charge is 0.314 e. The van der Waals surface area contributed by atoms with Crippen molar-refractivity contribution in [2.75, 3.05) is 52.5 Å².